The van der Waals surface area contributed by atoms with E-state index in [0.29, 0.717) is 0 Å². The van der Waals surface area contributed by atoms with Gasteiger partial charge in [-0.15, -0.1) is 0 Å². The lowest BCUT2D eigenvalue weighted by molar-refractivity contribution is -0.149. The minimum Gasteiger partial charge on any atom is -0.394 e. The van der Waals surface area contributed by atoms with Crippen molar-refractivity contribution < 1.29 is 24.3 Å². The fraction of sp³-hybridized carbons (Fsp3) is 0.333. The Labute approximate surface area is 108 Å². The van der Waals surface area contributed by atoms with Gasteiger partial charge in [-0.2, -0.15) is 0 Å². The number of aliphatic hydroxyl groups excluding tert-OH is 1. The van der Waals surface area contributed by atoms with Gasteiger partial charge in [0.2, 0.25) is 0 Å². The summed E-state index contributed by atoms with van der Waals surface area (Å²) in [5.41, 5.74) is 0. The molecule has 2 atom stereocenters. The van der Waals surface area contributed by atoms with Crippen LogP contribution in [0.15, 0.2) is 24.3 Å². The van der Waals surface area contributed by atoms with Gasteiger partial charge in [-0.1, -0.05) is 0 Å². The van der Waals surface area contributed by atoms with Crippen molar-refractivity contribution in [2.75, 3.05) is 6.61 Å². The molecule has 4 amide bonds. The summed E-state index contributed by atoms with van der Waals surface area (Å²) in [7, 11) is 0. The van der Waals surface area contributed by atoms with Crippen molar-refractivity contribution >= 4 is 23.6 Å². The molecule has 2 unspecified atom stereocenters. The molecule has 0 fully saturated rings. The Balaban J connectivity index is 2.23. The van der Waals surface area contributed by atoms with Crippen molar-refractivity contribution in [3.05, 3.63) is 24.3 Å². The zero-order valence-corrected chi connectivity index (χ0v) is 10.1. The Bertz CT molecular complexity index is 486. The number of rotatable bonds is 4. The largest absolute Gasteiger partial charge is 0.394 e. The first-order valence-corrected chi connectivity index (χ1v) is 5.68. The third-order valence-corrected chi connectivity index (χ3v) is 3.17. The van der Waals surface area contributed by atoms with Gasteiger partial charge in [0, 0.05) is 24.3 Å². The van der Waals surface area contributed by atoms with Gasteiger partial charge in [0.05, 0.1) is 18.7 Å². The average molecular weight is 264 g/mol. The van der Waals surface area contributed by atoms with E-state index in [1.54, 1.807) is 0 Å². The zero-order chi connectivity index (χ0) is 14.2. The summed E-state index contributed by atoms with van der Waals surface area (Å²) < 4.78 is 0. The molecule has 19 heavy (non-hydrogen) atoms. The molecule has 0 aromatic rings. The quantitative estimate of drug-likeness (QED) is 0.629. The minimum absolute atomic E-state index is 0.525. The van der Waals surface area contributed by atoms with Gasteiger partial charge in [0.15, 0.2) is 0 Å². The first kappa shape index (κ1) is 13.2. The van der Waals surface area contributed by atoms with Crippen molar-refractivity contribution in [1.29, 1.82) is 0 Å². The zero-order valence-electron chi connectivity index (χ0n) is 10.1. The molecule has 7 heteroatoms. The van der Waals surface area contributed by atoms with E-state index in [1.165, 1.54) is 6.92 Å². The van der Waals surface area contributed by atoms with Gasteiger partial charge < -0.3 is 5.11 Å². The van der Waals surface area contributed by atoms with E-state index < -0.39 is 42.3 Å². The summed E-state index contributed by atoms with van der Waals surface area (Å²) >= 11 is 0. The van der Waals surface area contributed by atoms with Gasteiger partial charge in [0.25, 0.3) is 23.6 Å². The highest BCUT2D eigenvalue weighted by atomic mass is 16.3. The highest BCUT2D eigenvalue weighted by molar-refractivity contribution is 6.14. The Hall–Kier alpha value is -2.28. The van der Waals surface area contributed by atoms with Crippen LogP contribution in [0.3, 0.4) is 0 Å². The summed E-state index contributed by atoms with van der Waals surface area (Å²) in [5.74, 6) is -2.18. The highest BCUT2D eigenvalue weighted by Gasteiger charge is 2.40. The normalized spacial score (nSPS) is 21.8. The minimum atomic E-state index is -0.956. The third-order valence-electron chi connectivity index (χ3n) is 3.17. The lowest BCUT2D eigenvalue weighted by Crippen LogP contribution is -2.55. The molecular weight excluding hydrogens is 252 g/mol. The second-order valence-electron chi connectivity index (χ2n) is 4.25. The molecular formula is C12H12N2O5. The maximum atomic E-state index is 11.6. The summed E-state index contributed by atoms with van der Waals surface area (Å²) in [4.78, 5) is 48.0. The van der Waals surface area contributed by atoms with Gasteiger partial charge in [0.1, 0.15) is 0 Å². The molecule has 2 heterocycles. The van der Waals surface area contributed by atoms with Crippen molar-refractivity contribution in [3.8, 4) is 0 Å². The van der Waals surface area contributed by atoms with Crippen LogP contribution in [0.25, 0.3) is 0 Å². The fourth-order valence-corrected chi connectivity index (χ4v) is 2.17. The first-order valence-electron chi connectivity index (χ1n) is 5.68. The van der Waals surface area contributed by atoms with Crippen LogP contribution in [-0.2, 0) is 19.2 Å². The maximum absolute atomic E-state index is 11.6. The van der Waals surface area contributed by atoms with E-state index >= 15 is 0 Å². The molecule has 0 aromatic heterocycles. The number of hydrogen-bond acceptors (Lipinski definition) is 5. The molecule has 1 N–H and O–H groups in total. The number of hydrogen-bond donors (Lipinski definition) is 1. The lowest BCUT2D eigenvalue weighted by atomic mass is 10.1. The summed E-state index contributed by atoms with van der Waals surface area (Å²) in [5, 5.41) is 9.38. The smallest absolute Gasteiger partial charge is 0.254 e. The fourth-order valence-electron chi connectivity index (χ4n) is 2.17. The monoisotopic (exact) mass is 264 g/mol. The first-order chi connectivity index (χ1) is 8.97. The summed E-state index contributed by atoms with van der Waals surface area (Å²) in [6.07, 6.45) is 4.39. The molecule has 7 nitrogen and oxygen atoms in total. The van der Waals surface area contributed by atoms with Gasteiger partial charge in [-0.3, -0.25) is 29.0 Å². The number of nitrogens with zero attached hydrogens (tertiary/aromatic N) is 2. The molecule has 0 saturated carbocycles. The molecule has 0 bridgehead atoms. The number of carbonyl (C=O) groups excluding carboxylic acids is 4. The number of amides is 4. The number of aliphatic hydroxyl groups is 1. The van der Waals surface area contributed by atoms with Crippen LogP contribution in [0.1, 0.15) is 6.92 Å². The van der Waals surface area contributed by atoms with E-state index in [9.17, 15) is 24.3 Å². The Kier molecular flexibility index (Phi) is 3.30. The SMILES string of the molecule is CC(C(CO)N1C(=O)C=CC1=O)N1C(=O)C=CC1=O. The second-order valence-corrected chi connectivity index (χ2v) is 4.25. The molecule has 2 aliphatic rings. The average Bonchev–Trinajstić information content (AvgIpc) is 2.86. The number of imide groups is 2. The molecule has 2 rings (SSSR count). The number of carbonyl (C=O) groups is 4. The predicted molar refractivity (Wildman–Crippen MR) is 62.3 cm³/mol. The van der Waals surface area contributed by atoms with Crippen LogP contribution >= 0.6 is 0 Å². The van der Waals surface area contributed by atoms with Crippen molar-refractivity contribution in [2.45, 2.75) is 19.0 Å². The predicted octanol–water partition coefficient (Wildman–Crippen LogP) is -1.41. The van der Waals surface area contributed by atoms with E-state index in [2.05, 4.69) is 0 Å². The van der Waals surface area contributed by atoms with Crippen LogP contribution in [0.4, 0.5) is 0 Å². The van der Waals surface area contributed by atoms with Crippen molar-refractivity contribution in [3.63, 3.8) is 0 Å². The molecule has 0 aliphatic carbocycles. The van der Waals surface area contributed by atoms with Crippen LogP contribution in [0.2, 0.25) is 0 Å². The molecule has 0 saturated heterocycles. The van der Waals surface area contributed by atoms with Crippen LogP contribution in [-0.4, -0.2) is 57.2 Å². The Morgan fingerprint density at radius 1 is 0.895 bits per heavy atom. The van der Waals surface area contributed by atoms with E-state index in [1.807, 2.05) is 0 Å². The van der Waals surface area contributed by atoms with Crippen molar-refractivity contribution in [2.24, 2.45) is 0 Å². The van der Waals surface area contributed by atoms with E-state index in [0.717, 1.165) is 34.1 Å². The Morgan fingerprint density at radius 3 is 1.63 bits per heavy atom. The van der Waals surface area contributed by atoms with Gasteiger partial charge >= 0.3 is 0 Å². The molecule has 0 aromatic carbocycles. The standard InChI is InChI=1S/C12H12N2O5/c1-7(13-9(16)2-3-10(13)17)8(6-15)14-11(18)4-5-12(14)19/h2-5,7-8,15H,6H2,1H3. The topological polar surface area (TPSA) is 95.0 Å². The van der Waals surface area contributed by atoms with E-state index in [-0.39, 0.29) is 0 Å². The van der Waals surface area contributed by atoms with Crippen LogP contribution < -0.4 is 0 Å². The highest BCUT2D eigenvalue weighted by Crippen LogP contribution is 2.19. The van der Waals surface area contributed by atoms with Crippen LogP contribution in [0.5, 0.6) is 0 Å². The van der Waals surface area contributed by atoms with Gasteiger partial charge in [-0.25, -0.2) is 0 Å². The van der Waals surface area contributed by atoms with Crippen molar-refractivity contribution in [1.82, 2.24) is 9.80 Å². The maximum Gasteiger partial charge on any atom is 0.254 e. The van der Waals surface area contributed by atoms with E-state index in [4.69, 9.17) is 0 Å². The third kappa shape index (κ3) is 2.08. The second kappa shape index (κ2) is 4.77. The molecule has 0 radical (unpaired) electrons. The van der Waals surface area contributed by atoms with Gasteiger partial charge in [-0.05, 0) is 6.92 Å². The Morgan fingerprint density at radius 2 is 1.26 bits per heavy atom. The molecule has 0 spiro atoms. The summed E-state index contributed by atoms with van der Waals surface area (Å²) in [6, 6.07) is -1.75. The molecule has 100 valence electrons. The molecule has 2 aliphatic heterocycles. The van der Waals surface area contributed by atoms with Crippen LogP contribution in [0, 0.1) is 0 Å². The summed E-state index contributed by atoms with van der Waals surface area (Å²) in [6.45, 7) is 0.972. The lowest BCUT2D eigenvalue weighted by Gasteiger charge is -2.34.